The van der Waals surface area contributed by atoms with E-state index in [0.29, 0.717) is 0 Å². The third-order valence-corrected chi connectivity index (χ3v) is 1.58. The Labute approximate surface area is 73.5 Å². The molecule has 1 aromatic carbocycles. The molecule has 1 aromatic rings. The molecule has 0 aliphatic carbocycles. The minimum absolute atomic E-state index is 0.0913. The van der Waals surface area contributed by atoms with Crippen molar-refractivity contribution < 1.29 is 9.76 Å². The maximum atomic E-state index is 8.76. The summed E-state index contributed by atoms with van der Waals surface area (Å²) in [7, 11) is 0.0913. The van der Waals surface area contributed by atoms with Crippen LogP contribution < -0.4 is 10.2 Å². The Morgan fingerprint density at radius 3 is 2.50 bits per heavy atom. The molecule has 64 valence electrons. The Balaban J connectivity index is 2.53. The zero-order valence-corrected chi connectivity index (χ0v) is 7.29. The second-order valence-electron chi connectivity index (χ2n) is 2.65. The van der Waals surface area contributed by atoms with Gasteiger partial charge in [-0.3, -0.25) is 0 Å². The summed E-state index contributed by atoms with van der Waals surface area (Å²) in [6.45, 7) is 2.82. The Morgan fingerprint density at radius 1 is 1.33 bits per heavy atom. The van der Waals surface area contributed by atoms with E-state index in [-0.39, 0.29) is 7.48 Å². The van der Waals surface area contributed by atoms with Crippen molar-refractivity contribution in [3.63, 3.8) is 0 Å². The fraction of sp³-hybridized carbons (Fsp3) is 0.333. The van der Waals surface area contributed by atoms with Crippen molar-refractivity contribution in [1.29, 1.82) is 0 Å². The van der Waals surface area contributed by atoms with Crippen molar-refractivity contribution in [1.82, 2.24) is 0 Å². The lowest BCUT2D eigenvalue weighted by molar-refractivity contribution is 0.317. The molecule has 2 nitrogen and oxygen atoms in total. The largest absolute Gasteiger partial charge is 0.494 e. The van der Waals surface area contributed by atoms with Gasteiger partial charge in [0.25, 0.3) is 0 Å². The number of rotatable bonds is 4. The zero-order chi connectivity index (χ0) is 8.81. The minimum atomic E-state index is 0.0913. The van der Waals surface area contributed by atoms with Gasteiger partial charge in [-0.05, 0) is 18.6 Å². The SMILES string of the molecule is CCCOc1ccc(BO)cc1. The fourth-order valence-electron chi connectivity index (χ4n) is 0.911. The van der Waals surface area contributed by atoms with E-state index in [1.807, 2.05) is 24.3 Å². The molecule has 0 heterocycles. The van der Waals surface area contributed by atoms with E-state index in [1.54, 1.807) is 0 Å². The van der Waals surface area contributed by atoms with Gasteiger partial charge in [0.05, 0.1) is 6.61 Å². The molecule has 3 heteroatoms. The Kier molecular flexibility index (Phi) is 3.68. The first-order chi connectivity index (χ1) is 5.86. The smallest absolute Gasteiger partial charge is 0.304 e. The van der Waals surface area contributed by atoms with E-state index >= 15 is 0 Å². The normalized spacial score (nSPS) is 9.50. The van der Waals surface area contributed by atoms with Crippen LogP contribution in [0.5, 0.6) is 5.75 Å². The number of hydrogen-bond acceptors (Lipinski definition) is 2. The van der Waals surface area contributed by atoms with Crippen LogP contribution >= 0.6 is 0 Å². The van der Waals surface area contributed by atoms with Gasteiger partial charge in [0.1, 0.15) is 5.75 Å². The molecule has 0 aliphatic heterocycles. The van der Waals surface area contributed by atoms with Crippen molar-refractivity contribution in [2.45, 2.75) is 13.3 Å². The average Bonchev–Trinajstić information content (AvgIpc) is 2.15. The second-order valence-corrected chi connectivity index (χ2v) is 2.65. The molecule has 0 saturated heterocycles. The molecule has 0 unspecified atom stereocenters. The summed E-state index contributed by atoms with van der Waals surface area (Å²) < 4.78 is 5.37. The summed E-state index contributed by atoms with van der Waals surface area (Å²) in [6, 6.07) is 7.48. The third-order valence-electron chi connectivity index (χ3n) is 1.58. The monoisotopic (exact) mass is 164 g/mol. The molecule has 0 fully saturated rings. The fourth-order valence-corrected chi connectivity index (χ4v) is 0.911. The predicted octanol–water partition coefficient (Wildman–Crippen LogP) is 0.445. The third kappa shape index (κ3) is 2.59. The molecule has 0 amide bonds. The van der Waals surface area contributed by atoms with Gasteiger partial charge in [0, 0.05) is 0 Å². The summed E-state index contributed by atoms with van der Waals surface area (Å²) in [5.41, 5.74) is 0.916. The van der Waals surface area contributed by atoms with E-state index in [4.69, 9.17) is 9.76 Å². The molecule has 0 aromatic heterocycles. The lowest BCUT2D eigenvalue weighted by Crippen LogP contribution is -2.12. The number of ether oxygens (including phenoxy) is 1. The summed E-state index contributed by atoms with van der Waals surface area (Å²) >= 11 is 0. The predicted molar refractivity (Wildman–Crippen MR) is 51.2 cm³/mol. The van der Waals surface area contributed by atoms with E-state index in [0.717, 1.165) is 24.2 Å². The number of hydrogen-bond donors (Lipinski definition) is 1. The van der Waals surface area contributed by atoms with Gasteiger partial charge in [0.15, 0.2) is 0 Å². The first-order valence-corrected chi connectivity index (χ1v) is 4.19. The van der Waals surface area contributed by atoms with Gasteiger partial charge in [-0.25, -0.2) is 0 Å². The first-order valence-electron chi connectivity index (χ1n) is 4.19. The van der Waals surface area contributed by atoms with Gasteiger partial charge >= 0.3 is 7.48 Å². The zero-order valence-electron chi connectivity index (χ0n) is 7.29. The summed E-state index contributed by atoms with van der Waals surface area (Å²) in [6.07, 6.45) is 1.02. The maximum Gasteiger partial charge on any atom is 0.304 e. The summed E-state index contributed by atoms with van der Waals surface area (Å²) in [5, 5.41) is 8.76. The number of benzene rings is 1. The molecule has 1 N–H and O–H groups in total. The van der Waals surface area contributed by atoms with E-state index in [9.17, 15) is 0 Å². The van der Waals surface area contributed by atoms with Crippen LogP contribution in [0.15, 0.2) is 24.3 Å². The van der Waals surface area contributed by atoms with Crippen molar-refractivity contribution in [2.75, 3.05) is 6.61 Å². The van der Waals surface area contributed by atoms with Crippen LogP contribution in [0.2, 0.25) is 0 Å². The molecule has 1 rings (SSSR count). The molecular formula is C9H13BO2. The van der Waals surface area contributed by atoms with E-state index < -0.39 is 0 Å². The average molecular weight is 164 g/mol. The highest BCUT2D eigenvalue weighted by molar-refractivity contribution is 6.45. The molecule has 0 radical (unpaired) electrons. The molecule has 0 atom stereocenters. The minimum Gasteiger partial charge on any atom is -0.494 e. The Morgan fingerprint density at radius 2 is 2.00 bits per heavy atom. The van der Waals surface area contributed by atoms with Crippen molar-refractivity contribution in [3.8, 4) is 5.75 Å². The lowest BCUT2D eigenvalue weighted by atomic mass is 9.89. The molecule has 0 spiro atoms. The van der Waals surface area contributed by atoms with Gasteiger partial charge in [-0.2, -0.15) is 0 Å². The van der Waals surface area contributed by atoms with Gasteiger partial charge in [-0.15, -0.1) is 0 Å². The van der Waals surface area contributed by atoms with Crippen molar-refractivity contribution in [3.05, 3.63) is 24.3 Å². The van der Waals surface area contributed by atoms with E-state index in [2.05, 4.69) is 6.92 Å². The van der Waals surface area contributed by atoms with Crippen LogP contribution in [0, 0.1) is 0 Å². The van der Waals surface area contributed by atoms with Crippen molar-refractivity contribution >= 4 is 12.9 Å². The quantitative estimate of drug-likeness (QED) is 0.654. The van der Waals surface area contributed by atoms with Gasteiger partial charge < -0.3 is 9.76 Å². The van der Waals surface area contributed by atoms with Crippen LogP contribution in [-0.2, 0) is 0 Å². The molecule has 0 aliphatic rings. The maximum absolute atomic E-state index is 8.76. The summed E-state index contributed by atoms with van der Waals surface area (Å²) in [4.78, 5) is 0. The molecule has 12 heavy (non-hydrogen) atoms. The topological polar surface area (TPSA) is 29.5 Å². The van der Waals surface area contributed by atoms with Crippen LogP contribution in [0.3, 0.4) is 0 Å². The lowest BCUT2D eigenvalue weighted by Gasteiger charge is -2.03. The van der Waals surface area contributed by atoms with Crippen LogP contribution in [-0.4, -0.2) is 19.1 Å². The highest BCUT2D eigenvalue weighted by Crippen LogP contribution is 2.06. The summed E-state index contributed by atoms with van der Waals surface area (Å²) in [5.74, 6) is 0.869. The second kappa shape index (κ2) is 4.83. The Bertz CT molecular complexity index is 220. The van der Waals surface area contributed by atoms with E-state index in [1.165, 1.54) is 0 Å². The molecular weight excluding hydrogens is 151 g/mol. The Hall–Kier alpha value is -0.955. The molecule has 0 saturated carbocycles. The van der Waals surface area contributed by atoms with Crippen LogP contribution in [0.25, 0.3) is 0 Å². The molecule has 0 bridgehead atoms. The van der Waals surface area contributed by atoms with Gasteiger partial charge in [0.2, 0.25) is 0 Å². The van der Waals surface area contributed by atoms with Crippen LogP contribution in [0.1, 0.15) is 13.3 Å². The first kappa shape index (κ1) is 9.14. The van der Waals surface area contributed by atoms with Crippen molar-refractivity contribution in [2.24, 2.45) is 0 Å². The van der Waals surface area contributed by atoms with Crippen LogP contribution in [0.4, 0.5) is 0 Å². The standard InChI is InChI=1S/C9H13BO2/c1-2-7-12-9-5-3-8(10-11)4-6-9/h3-6,10-11H,2,7H2,1H3. The highest BCUT2D eigenvalue weighted by Gasteiger charge is 1.94. The highest BCUT2D eigenvalue weighted by atomic mass is 16.5. The van der Waals surface area contributed by atoms with Gasteiger partial charge in [-0.1, -0.05) is 24.5 Å².